The average molecular weight is 254 g/mol. The number of ketones is 1. The zero-order valence-electron chi connectivity index (χ0n) is 11.6. The standard InChI is InChI=1S/C13H22N2OS/c1-8(2)7-9(3)15(6)13-14-10(4)12(17-13)11(5)16/h8-9H,7H2,1-6H3. The molecule has 0 saturated heterocycles. The van der Waals surface area contributed by atoms with Crippen LogP contribution in [-0.2, 0) is 0 Å². The second-order valence-corrected chi connectivity index (χ2v) is 6.03. The Balaban J connectivity index is 2.85. The summed E-state index contributed by atoms with van der Waals surface area (Å²) in [6, 6.07) is 0.445. The van der Waals surface area contributed by atoms with Crippen molar-refractivity contribution in [3.05, 3.63) is 10.6 Å². The summed E-state index contributed by atoms with van der Waals surface area (Å²) in [5.74, 6) is 0.775. The summed E-state index contributed by atoms with van der Waals surface area (Å²) in [4.78, 5) is 18.8. The van der Waals surface area contributed by atoms with E-state index in [0.717, 1.165) is 22.1 Å². The predicted octanol–water partition coefficient (Wildman–Crippen LogP) is 3.52. The highest BCUT2D eigenvalue weighted by Crippen LogP contribution is 2.27. The van der Waals surface area contributed by atoms with Crippen molar-refractivity contribution in [2.24, 2.45) is 5.92 Å². The van der Waals surface area contributed by atoms with Gasteiger partial charge in [-0.2, -0.15) is 0 Å². The first-order valence-corrected chi connectivity index (χ1v) is 6.85. The van der Waals surface area contributed by atoms with Crippen LogP contribution in [0.5, 0.6) is 0 Å². The van der Waals surface area contributed by atoms with E-state index in [2.05, 4.69) is 37.7 Å². The third kappa shape index (κ3) is 3.53. The fourth-order valence-corrected chi connectivity index (χ4v) is 2.91. The smallest absolute Gasteiger partial charge is 0.186 e. The molecule has 0 aliphatic rings. The fourth-order valence-electron chi connectivity index (χ4n) is 1.89. The van der Waals surface area contributed by atoms with Gasteiger partial charge in [0.2, 0.25) is 0 Å². The molecule has 0 radical (unpaired) electrons. The van der Waals surface area contributed by atoms with E-state index in [4.69, 9.17) is 0 Å². The molecule has 0 N–H and O–H groups in total. The van der Waals surface area contributed by atoms with Gasteiger partial charge in [-0.3, -0.25) is 4.79 Å². The summed E-state index contributed by atoms with van der Waals surface area (Å²) in [5, 5.41) is 0.945. The van der Waals surface area contributed by atoms with E-state index < -0.39 is 0 Å². The SMILES string of the molecule is CC(=O)c1sc(N(C)C(C)CC(C)C)nc1C. The van der Waals surface area contributed by atoms with Gasteiger partial charge in [0.05, 0.1) is 10.6 Å². The molecule has 1 atom stereocenters. The summed E-state index contributed by atoms with van der Waals surface area (Å²) >= 11 is 1.50. The summed E-state index contributed by atoms with van der Waals surface area (Å²) in [7, 11) is 2.05. The second-order valence-electron chi connectivity index (χ2n) is 5.06. The molecule has 0 aromatic carbocycles. The Kier molecular flexibility index (Phi) is 4.69. The number of carbonyl (C=O) groups excluding carboxylic acids is 1. The molecule has 0 spiro atoms. The van der Waals surface area contributed by atoms with Crippen molar-refractivity contribution in [1.29, 1.82) is 0 Å². The van der Waals surface area contributed by atoms with E-state index in [0.29, 0.717) is 12.0 Å². The Morgan fingerprint density at radius 2 is 2.00 bits per heavy atom. The van der Waals surface area contributed by atoms with E-state index in [1.54, 1.807) is 6.92 Å². The highest BCUT2D eigenvalue weighted by molar-refractivity contribution is 7.17. The van der Waals surface area contributed by atoms with Gasteiger partial charge in [0.25, 0.3) is 0 Å². The number of hydrogen-bond donors (Lipinski definition) is 0. The molecular weight excluding hydrogens is 232 g/mol. The Morgan fingerprint density at radius 1 is 1.41 bits per heavy atom. The molecule has 1 unspecified atom stereocenters. The largest absolute Gasteiger partial charge is 0.348 e. The molecule has 1 aromatic rings. The van der Waals surface area contributed by atoms with Gasteiger partial charge >= 0.3 is 0 Å². The quantitative estimate of drug-likeness (QED) is 0.754. The van der Waals surface area contributed by atoms with Gasteiger partial charge in [-0.15, -0.1) is 0 Å². The van der Waals surface area contributed by atoms with Gasteiger partial charge in [0.15, 0.2) is 10.9 Å². The zero-order chi connectivity index (χ0) is 13.2. The first kappa shape index (κ1) is 14.2. The van der Waals surface area contributed by atoms with Gasteiger partial charge in [-0.25, -0.2) is 4.98 Å². The molecule has 0 bridgehead atoms. The first-order chi connectivity index (χ1) is 7.82. The van der Waals surface area contributed by atoms with Gasteiger partial charge in [0.1, 0.15) is 0 Å². The van der Waals surface area contributed by atoms with Gasteiger partial charge in [-0.1, -0.05) is 25.2 Å². The maximum Gasteiger partial charge on any atom is 0.186 e. The van der Waals surface area contributed by atoms with Crippen LogP contribution in [0.2, 0.25) is 0 Å². The summed E-state index contributed by atoms with van der Waals surface area (Å²) < 4.78 is 0. The number of Topliss-reactive ketones (excluding diaryl/α,β-unsaturated/α-hetero) is 1. The number of nitrogens with zero attached hydrogens (tertiary/aromatic N) is 2. The van der Waals surface area contributed by atoms with Gasteiger partial charge in [0, 0.05) is 20.0 Å². The molecule has 17 heavy (non-hydrogen) atoms. The van der Waals surface area contributed by atoms with Gasteiger partial charge < -0.3 is 4.90 Å². The maximum atomic E-state index is 11.4. The number of thiazole rings is 1. The van der Waals surface area contributed by atoms with Crippen molar-refractivity contribution in [3.8, 4) is 0 Å². The van der Waals surface area contributed by atoms with Crippen molar-refractivity contribution < 1.29 is 4.79 Å². The second kappa shape index (κ2) is 5.63. The zero-order valence-corrected chi connectivity index (χ0v) is 12.4. The molecule has 1 heterocycles. The number of anilines is 1. The van der Waals surface area contributed by atoms with Crippen LogP contribution in [0.4, 0.5) is 5.13 Å². The van der Waals surface area contributed by atoms with E-state index >= 15 is 0 Å². The molecule has 0 aliphatic carbocycles. The highest BCUT2D eigenvalue weighted by Gasteiger charge is 2.18. The van der Waals surface area contributed by atoms with Crippen LogP contribution in [0.1, 0.15) is 49.5 Å². The monoisotopic (exact) mass is 254 g/mol. The average Bonchev–Trinajstić information content (AvgIpc) is 2.58. The van der Waals surface area contributed by atoms with Crippen molar-refractivity contribution >= 4 is 22.3 Å². The van der Waals surface area contributed by atoms with E-state index in [-0.39, 0.29) is 5.78 Å². The minimum absolute atomic E-state index is 0.108. The fraction of sp³-hybridized carbons (Fsp3) is 0.692. The third-order valence-corrected chi connectivity index (χ3v) is 4.23. The first-order valence-electron chi connectivity index (χ1n) is 6.04. The Hall–Kier alpha value is -0.900. The third-order valence-electron chi connectivity index (χ3n) is 2.88. The lowest BCUT2D eigenvalue weighted by molar-refractivity contribution is 0.102. The van der Waals surface area contributed by atoms with Gasteiger partial charge in [-0.05, 0) is 26.2 Å². The minimum atomic E-state index is 0.108. The van der Waals surface area contributed by atoms with Crippen LogP contribution >= 0.6 is 11.3 Å². The van der Waals surface area contributed by atoms with Crippen molar-refractivity contribution in [1.82, 2.24) is 4.98 Å². The predicted molar refractivity (Wildman–Crippen MR) is 74.2 cm³/mol. The normalized spacial score (nSPS) is 12.9. The van der Waals surface area contributed by atoms with E-state index in [9.17, 15) is 4.79 Å². The molecule has 4 heteroatoms. The topological polar surface area (TPSA) is 33.2 Å². The van der Waals surface area contributed by atoms with Crippen LogP contribution < -0.4 is 4.90 Å². The number of aromatic nitrogens is 1. The van der Waals surface area contributed by atoms with E-state index in [1.807, 2.05) is 6.92 Å². The lowest BCUT2D eigenvalue weighted by Crippen LogP contribution is -2.29. The van der Waals surface area contributed by atoms with Crippen LogP contribution in [0, 0.1) is 12.8 Å². The molecule has 0 aliphatic heterocycles. The molecule has 96 valence electrons. The number of rotatable bonds is 5. The minimum Gasteiger partial charge on any atom is -0.348 e. The van der Waals surface area contributed by atoms with Crippen LogP contribution in [0.3, 0.4) is 0 Å². The number of aryl methyl sites for hydroxylation is 1. The molecule has 0 saturated carbocycles. The lowest BCUT2D eigenvalue weighted by Gasteiger charge is -2.25. The van der Waals surface area contributed by atoms with Crippen molar-refractivity contribution in [3.63, 3.8) is 0 Å². The molecule has 0 amide bonds. The Labute approximate surface area is 108 Å². The van der Waals surface area contributed by atoms with Crippen LogP contribution in [-0.4, -0.2) is 23.9 Å². The molecule has 1 aromatic heterocycles. The molecule has 0 fully saturated rings. The summed E-state index contributed by atoms with van der Waals surface area (Å²) in [6.45, 7) is 10.1. The van der Waals surface area contributed by atoms with Crippen molar-refractivity contribution in [2.45, 2.75) is 47.1 Å². The highest BCUT2D eigenvalue weighted by atomic mass is 32.1. The number of carbonyl (C=O) groups is 1. The van der Waals surface area contributed by atoms with Crippen LogP contribution in [0.15, 0.2) is 0 Å². The van der Waals surface area contributed by atoms with Crippen LogP contribution in [0.25, 0.3) is 0 Å². The summed E-state index contributed by atoms with van der Waals surface area (Å²) in [6.07, 6.45) is 1.13. The Bertz CT molecular complexity index is 398. The van der Waals surface area contributed by atoms with E-state index in [1.165, 1.54) is 11.3 Å². The van der Waals surface area contributed by atoms with Crippen molar-refractivity contribution in [2.75, 3.05) is 11.9 Å². The number of hydrogen-bond acceptors (Lipinski definition) is 4. The lowest BCUT2D eigenvalue weighted by atomic mass is 10.0. The molecule has 3 nitrogen and oxygen atoms in total. The molecular formula is C13H22N2OS. The Morgan fingerprint density at radius 3 is 2.41 bits per heavy atom. The maximum absolute atomic E-state index is 11.4. The summed E-state index contributed by atoms with van der Waals surface area (Å²) in [5.41, 5.74) is 0.848. The molecule has 1 rings (SSSR count).